The number of anilines is 1. The van der Waals surface area contributed by atoms with E-state index in [1.54, 1.807) is 0 Å². The van der Waals surface area contributed by atoms with Gasteiger partial charge in [0.25, 0.3) is 0 Å². The number of ether oxygens (including phenoxy) is 1. The molecular formula is C13H18N2O. The van der Waals surface area contributed by atoms with Gasteiger partial charge in [-0.15, -0.1) is 0 Å². The normalized spacial score (nSPS) is 11.6. The monoisotopic (exact) mass is 218 g/mol. The van der Waals surface area contributed by atoms with E-state index in [2.05, 4.69) is 25.2 Å². The second kappa shape index (κ2) is 6.73. The summed E-state index contributed by atoms with van der Waals surface area (Å²) in [6.07, 6.45) is 1.73. The maximum atomic E-state index is 8.44. The van der Waals surface area contributed by atoms with Crippen molar-refractivity contribution in [1.29, 1.82) is 5.26 Å². The van der Waals surface area contributed by atoms with E-state index in [4.69, 9.17) is 10.00 Å². The molecule has 1 rings (SSSR count). The van der Waals surface area contributed by atoms with Crippen LogP contribution >= 0.6 is 0 Å². The van der Waals surface area contributed by atoms with Crippen molar-refractivity contribution >= 4 is 5.69 Å². The fraction of sp³-hybridized carbons (Fsp3) is 0.462. The van der Waals surface area contributed by atoms with Crippen molar-refractivity contribution < 1.29 is 4.74 Å². The van der Waals surface area contributed by atoms with Gasteiger partial charge in [-0.3, -0.25) is 0 Å². The van der Waals surface area contributed by atoms with Gasteiger partial charge in [0.2, 0.25) is 0 Å². The van der Waals surface area contributed by atoms with Crippen molar-refractivity contribution in [3.8, 4) is 11.8 Å². The quantitative estimate of drug-likeness (QED) is 0.746. The first-order chi connectivity index (χ1) is 7.76. The summed E-state index contributed by atoms with van der Waals surface area (Å²) in [7, 11) is 0. The minimum Gasteiger partial charge on any atom is -0.491 e. The molecule has 1 N–H and O–H groups in total. The number of benzene rings is 1. The van der Waals surface area contributed by atoms with Gasteiger partial charge in [-0.05, 0) is 25.5 Å². The van der Waals surface area contributed by atoms with Crippen molar-refractivity contribution in [3.05, 3.63) is 24.3 Å². The second-order valence-corrected chi connectivity index (χ2v) is 3.70. The van der Waals surface area contributed by atoms with E-state index in [1.807, 2.05) is 24.3 Å². The van der Waals surface area contributed by atoms with E-state index in [0.717, 1.165) is 17.9 Å². The maximum Gasteiger partial charge on any atom is 0.121 e. The summed E-state index contributed by atoms with van der Waals surface area (Å²) < 4.78 is 5.71. The van der Waals surface area contributed by atoms with Crippen LogP contribution in [0.1, 0.15) is 26.7 Å². The summed E-state index contributed by atoms with van der Waals surface area (Å²) in [5.41, 5.74) is 0.996. The topological polar surface area (TPSA) is 45.0 Å². The van der Waals surface area contributed by atoms with Crippen molar-refractivity contribution in [2.75, 3.05) is 11.9 Å². The minimum absolute atomic E-state index is 0.231. The van der Waals surface area contributed by atoms with Crippen LogP contribution in [0.4, 0.5) is 5.69 Å². The van der Waals surface area contributed by atoms with Gasteiger partial charge >= 0.3 is 0 Å². The standard InChI is InChI=1S/C13H18N2O/c1-3-11(2)16-13-7-4-6-12(10-13)15-9-5-8-14/h4,6-7,10-11,15H,3,5,9H2,1-2H3. The molecule has 0 aliphatic rings. The Hall–Kier alpha value is -1.69. The van der Waals surface area contributed by atoms with E-state index in [-0.39, 0.29) is 6.10 Å². The average Bonchev–Trinajstić information content (AvgIpc) is 2.30. The van der Waals surface area contributed by atoms with Gasteiger partial charge in [0.15, 0.2) is 0 Å². The Morgan fingerprint density at radius 2 is 2.31 bits per heavy atom. The number of hydrogen-bond acceptors (Lipinski definition) is 3. The molecule has 0 aliphatic heterocycles. The SMILES string of the molecule is CCC(C)Oc1cccc(NCCC#N)c1. The Morgan fingerprint density at radius 1 is 1.50 bits per heavy atom. The van der Waals surface area contributed by atoms with Gasteiger partial charge < -0.3 is 10.1 Å². The van der Waals surface area contributed by atoms with Crippen LogP contribution in [-0.2, 0) is 0 Å². The Morgan fingerprint density at radius 3 is 3.00 bits per heavy atom. The zero-order valence-corrected chi connectivity index (χ0v) is 9.86. The average molecular weight is 218 g/mol. The van der Waals surface area contributed by atoms with Gasteiger partial charge in [0, 0.05) is 18.3 Å². The Balaban J connectivity index is 2.54. The smallest absolute Gasteiger partial charge is 0.121 e. The van der Waals surface area contributed by atoms with E-state index < -0.39 is 0 Å². The highest BCUT2D eigenvalue weighted by molar-refractivity contribution is 5.48. The lowest BCUT2D eigenvalue weighted by molar-refractivity contribution is 0.217. The molecule has 0 aliphatic carbocycles. The van der Waals surface area contributed by atoms with E-state index in [1.165, 1.54) is 0 Å². The lowest BCUT2D eigenvalue weighted by atomic mass is 10.2. The molecule has 0 spiro atoms. The van der Waals surface area contributed by atoms with Crippen molar-refractivity contribution in [3.63, 3.8) is 0 Å². The Kier molecular flexibility index (Phi) is 5.21. The van der Waals surface area contributed by atoms with Crippen molar-refractivity contribution in [1.82, 2.24) is 0 Å². The van der Waals surface area contributed by atoms with Crippen LogP contribution in [0.25, 0.3) is 0 Å². The predicted molar refractivity (Wildman–Crippen MR) is 65.5 cm³/mol. The molecule has 1 unspecified atom stereocenters. The first kappa shape index (κ1) is 12.4. The fourth-order valence-electron chi connectivity index (χ4n) is 1.26. The molecule has 3 heteroatoms. The van der Waals surface area contributed by atoms with Crippen LogP contribution < -0.4 is 10.1 Å². The molecule has 0 amide bonds. The number of nitrogens with one attached hydrogen (secondary N) is 1. The lowest BCUT2D eigenvalue weighted by Crippen LogP contribution is -2.10. The molecule has 0 saturated heterocycles. The fourth-order valence-corrected chi connectivity index (χ4v) is 1.26. The first-order valence-electron chi connectivity index (χ1n) is 5.63. The maximum absolute atomic E-state index is 8.44. The van der Waals surface area contributed by atoms with E-state index >= 15 is 0 Å². The van der Waals surface area contributed by atoms with Crippen LogP contribution in [-0.4, -0.2) is 12.6 Å². The molecule has 16 heavy (non-hydrogen) atoms. The molecule has 3 nitrogen and oxygen atoms in total. The van der Waals surface area contributed by atoms with Crippen molar-refractivity contribution in [2.45, 2.75) is 32.8 Å². The second-order valence-electron chi connectivity index (χ2n) is 3.70. The van der Waals surface area contributed by atoms with Gasteiger partial charge in [-0.1, -0.05) is 13.0 Å². The highest BCUT2D eigenvalue weighted by atomic mass is 16.5. The highest BCUT2D eigenvalue weighted by Crippen LogP contribution is 2.19. The zero-order valence-electron chi connectivity index (χ0n) is 9.86. The Labute approximate surface area is 97.0 Å². The molecule has 1 atom stereocenters. The predicted octanol–water partition coefficient (Wildman–Crippen LogP) is 3.19. The molecule has 0 fully saturated rings. The summed E-state index contributed by atoms with van der Waals surface area (Å²) in [4.78, 5) is 0. The van der Waals surface area contributed by atoms with Crippen LogP contribution in [0.5, 0.6) is 5.75 Å². The van der Waals surface area contributed by atoms with E-state index in [9.17, 15) is 0 Å². The number of hydrogen-bond donors (Lipinski definition) is 1. The van der Waals surface area contributed by atoms with Crippen LogP contribution in [0.3, 0.4) is 0 Å². The van der Waals surface area contributed by atoms with Crippen molar-refractivity contribution in [2.24, 2.45) is 0 Å². The summed E-state index contributed by atoms with van der Waals surface area (Å²) in [5.74, 6) is 0.872. The van der Waals surface area contributed by atoms with Crippen LogP contribution in [0.15, 0.2) is 24.3 Å². The lowest BCUT2D eigenvalue weighted by Gasteiger charge is -2.13. The summed E-state index contributed by atoms with van der Waals surface area (Å²) in [6, 6.07) is 9.93. The number of rotatable bonds is 6. The minimum atomic E-state index is 0.231. The van der Waals surface area contributed by atoms with Gasteiger partial charge in [0.1, 0.15) is 5.75 Å². The largest absolute Gasteiger partial charge is 0.491 e. The molecule has 86 valence electrons. The third-order valence-corrected chi connectivity index (χ3v) is 2.31. The van der Waals surface area contributed by atoms with Gasteiger partial charge in [-0.25, -0.2) is 0 Å². The molecule has 0 heterocycles. The highest BCUT2D eigenvalue weighted by Gasteiger charge is 2.01. The first-order valence-corrected chi connectivity index (χ1v) is 5.63. The molecule has 0 radical (unpaired) electrons. The summed E-state index contributed by atoms with van der Waals surface area (Å²) in [5, 5.41) is 11.6. The molecule has 1 aromatic carbocycles. The molecule has 0 bridgehead atoms. The summed E-state index contributed by atoms with van der Waals surface area (Å²) in [6.45, 7) is 4.82. The van der Waals surface area contributed by atoms with Gasteiger partial charge in [-0.2, -0.15) is 5.26 Å². The molecule has 0 aromatic heterocycles. The third-order valence-electron chi connectivity index (χ3n) is 2.31. The summed E-state index contributed by atoms with van der Waals surface area (Å²) >= 11 is 0. The zero-order chi connectivity index (χ0) is 11.8. The molecule has 0 saturated carbocycles. The molecular weight excluding hydrogens is 200 g/mol. The molecule has 1 aromatic rings. The number of nitrogens with zero attached hydrogens (tertiary/aromatic N) is 1. The van der Waals surface area contributed by atoms with Crippen LogP contribution in [0.2, 0.25) is 0 Å². The van der Waals surface area contributed by atoms with Crippen LogP contribution in [0, 0.1) is 11.3 Å². The Bertz CT molecular complexity index is 357. The van der Waals surface area contributed by atoms with Gasteiger partial charge in [0.05, 0.1) is 18.6 Å². The number of nitriles is 1. The third kappa shape index (κ3) is 4.22. The van der Waals surface area contributed by atoms with E-state index in [0.29, 0.717) is 13.0 Å².